The molecule has 1 aromatic carbocycles. The van der Waals surface area contributed by atoms with Crippen molar-refractivity contribution in [2.45, 2.75) is 28.5 Å². The molecule has 1 unspecified atom stereocenters. The molecule has 190 valence electrons. The molecule has 1 amide bonds. The van der Waals surface area contributed by atoms with Crippen LogP contribution in [0, 0.1) is 5.92 Å². The standard InChI is InChI=1S/C21H24ClN3O5S5/c1-31-11-10-25-16-6-5-15(34(2,27)28)12-17(16)32-21(25)23-20(26)14-4-3-9-24(13-14)35(29,30)19-8-7-18(22)33-19/h5-8,12,14H,3-4,9-11,13H2,1-2H3. The van der Waals surface area contributed by atoms with Crippen LogP contribution in [0.5, 0.6) is 0 Å². The minimum atomic E-state index is -3.73. The molecule has 3 aromatic rings. The zero-order chi connectivity index (χ0) is 25.4. The number of hydrogen-bond acceptors (Lipinski definition) is 8. The SMILES string of the molecule is CSCCn1c(=NC(=O)C2CCCN(S(=O)(=O)c3ccc(Cl)s3)C2)sc2cc(S(C)(=O)=O)ccc21. The van der Waals surface area contributed by atoms with Crippen molar-refractivity contribution in [3.05, 3.63) is 39.5 Å². The van der Waals surface area contributed by atoms with Crippen molar-refractivity contribution in [2.24, 2.45) is 10.9 Å². The van der Waals surface area contributed by atoms with Crippen molar-refractivity contribution in [3.8, 4) is 0 Å². The Hall–Kier alpha value is -1.22. The number of rotatable bonds is 7. The van der Waals surface area contributed by atoms with Gasteiger partial charge in [0, 0.05) is 31.6 Å². The first-order valence-electron chi connectivity index (χ1n) is 10.7. The fraction of sp³-hybridized carbons (Fsp3) is 0.429. The van der Waals surface area contributed by atoms with Crippen molar-refractivity contribution in [1.82, 2.24) is 8.87 Å². The van der Waals surface area contributed by atoms with Gasteiger partial charge in [0.1, 0.15) is 4.21 Å². The van der Waals surface area contributed by atoms with E-state index >= 15 is 0 Å². The highest BCUT2D eigenvalue weighted by Crippen LogP contribution is 2.31. The second kappa shape index (κ2) is 10.6. The Morgan fingerprint density at radius 1 is 1.20 bits per heavy atom. The van der Waals surface area contributed by atoms with Crippen LogP contribution in [0.4, 0.5) is 0 Å². The normalized spacial score (nSPS) is 18.4. The number of aromatic nitrogens is 1. The monoisotopic (exact) mass is 593 g/mol. The number of benzene rings is 1. The van der Waals surface area contributed by atoms with Crippen LogP contribution in [0.15, 0.2) is 44.4 Å². The predicted octanol–water partition coefficient (Wildman–Crippen LogP) is 3.71. The van der Waals surface area contributed by atoms with E-state index in [4.69, 9.17) is 11.6 Å². The van der Waals surface area contributed by atoms with E-state index in [-0.39, 0.29) is 21.6 Å². The fourth-order valence-electron chi connectivity index (χ4n) is 3.88. The third-order valence-electron chi connectivity index (χ3n) is 5.68. The first-order valence-corrected chi connectivity index (χ1v) is 17.4. The van der Waals surface area contributed by atoms with Gasteiger partial charge in [0.2, 0.25) is 0 Å². The largest absolute Gasteiger partial charge is 0.316 e. The summed E-state index contributed by atoms with van der Waals surface area (Å²) in [5.74, 6) is -0.137. The number of sulfonamides is 1. The molecule has 0 radical (unpaired) electrons. The van der Waals surface area contributed by atoms with Crippen molar-refractivity contribution >= 4 is 82.0 Å². The Morgan fingerprint density at radius 3 is 2.63 bits per heavy atom. The second-order valence-corrected chi connectivity index (χ2v) is 16.0. The van der Waals surface area contributed by atoms with Gasteiger partial charge in [-0.3, -0.25) is 4.79 Å². The number of fused-ring (bicyclic) bond motifs is 1. The Bertz CT molecular complexity index is 1540. The number of carbonyl (C=O) groups is 1. The van der Waals surface area contributed by atoms with E-state index in [1.54, 1.807) is 36.0 Å². The minimum absolute atomic E-state index is 0.0636. The van der Waals surface area contributed by atoms with Gasteiger partial charge in [-0.1, -0.05) is 22.9 Å². The lowest BCUT2D eigenvalue weighted by Crippen LogP contribution is -2.42. The number of thiazole rings is 1. The molecule has 1 saturated heterocycles. The Balaban J connectivity index is 1.66. The molecule has 1 fully saturated rings. The number of halogens is 1. The van der Waals surface area contributed by atoms with Gasteiger partial charge in [0.15, 0.2) is 14.6 Å². The van der Waals surface area contributed by atoms with E-state index in [1.807, 2.05) is 10.8 Å². The van der Waals surface area contributed by atoms with E-state index in [9.17, 15) is 21.6 Å². The molecule has 3 heterocycles. The van der Waals surface area contributed by atoms with Crippen LogP contribution < -0.4 is 4.80 Å². The van der Waals surface area contributed by atoms with Crippen LogP contribution in [-0.2, 0) is 31.2 Å². The van der Waals surface area contributed by atoms with E-state index in [0.717, 1.165) is 33.6 Å². The molecule has 8 nitrogen and oxygen atoms in total. The number of hydrogen-bond donors (Lipinski definition) is 0. The molecule has 0 spiro atoms. The summed E-state index contributed by atoms with van der Waals surface area (Å²) in [6, 6.07) is 7.94. The molecule has 1 aliphatic heterocycles. The fourth-order valence-corrected chi connectivity index (χ4v) is 9.23. The average Bonchev–Trinajstić information content (AvgIpc) is 3.40. The van der Waals surface area contributed by atoms with Crippen LogP contribution in [0.3, 0.4) is 0 Å². The van der Waals surface area contributed by atoms with Gasteiger partial charge in [-0.2, -0.15) is 21.1 Å². The lowest BCUT2D eigenvalue weighted by Gasteiger charge is -2.29. The van der Waals surface area contributed by atoms with Crippen molar-refractivity contribution in [2.75, 3.05) is 31.4 Å². The lowest BCUT2D eigenvalue weighted by atomic mass is 9.99. The number of thiophene rings is 1. The smallest absolute Gasteiger partial charge is 0.252 e. The molecule has 35 heavy (non-hydrogen) atoms. The van der Waals surface area contributed by atoms with Gasteiger partial charge in [0.05, 0.1) is 25.4 Å². The zero-order valence-corrected chi connectivity index (χ0v) is 23.8. The van der Waals surface area contributed by atoms with Gasteiger partial charge in [-0.05, 0) is 49.4 Å². The molecule has 0 bridgehead atoms. The molecule has 1 aliphatic rings. The average molecular weight is 594 g/mol. The summed E-state index contributed by atoms with van der Waals surface area (Å²) in [7, 11) is -7.10. The number of piperidine rings is 1. The van der Waals surface area contributed by atoms with E-state index < -0.39 is 25.8 Å². The molecule has 14 heteroatoms. The van der Waals surface area contributed by atoms with E-state index in [2.05, 4.69) is 4.99 Å². The molecule has 2 aromatic heterocycles. The number of amides is 1. The number of sulfone groups is 1. The first kappa shape index (κ1) is 26.8. The Morgan fingerprint density at radius 2 is 1.97 bits per heavy atom. The van der Waals surface area contributed by atoms with Crippen molar-refractivity contribution < 1.29 is 21.6 Å². The van der Waals surface area contributed by atoms with Crippen molar-refractivity contribution in [3.63, 3.8) is 0 Å². The molecule has 4 rings (SSSR count). The molecule has 0 N–H and O–H groups in total. The second-order valence-electron chi connectivity index (χ2n) is 8.14. The quantitative estimate of drug-likeness (QED) is 0.413. The maximum Gasteiger partial charge on any atom is 0.252 e. The summed E-state index contributed by atoms with van der Waals surface area (Å²) < 4.78 is 54.6. The minimum Gasteiger partial charge on any atom is -0.316 e. The topological polar surface area (TPSA) is 106 Å². The number of aryl methyl sites for hydroxylation is 1. The summed E-state index contributed by atoms with van der Waals surface area (Å²) in [5.41, 5.74) is 0.811. The number of thioether (sulfide) groups is 1. The molecular formula is C21H24ClN3O5S5. The number of nitrogens with zero attached hydrogens (tertiary/aromatic N) is 3. The van der Waals surface area contributed by atoms with Gasteiger partial charge in [-0.15, -0.1) is 11.3 Å². The summed E-state index contributed by atoms with van der Waals surface area (Å²) in [6.45, 7) is 1.01. The third kappa shape index (κ3) is 5.86. The lowest BCUT2D eigenvalue weighted by molar-refractivity contribution is -0.122. The van der Waals surface area contributed by atoms with Gasteiger partial charge >= 0.3 is 0 Å². The highest BCUT2D eigenvalue weighted by molar-refractivity contribution is 7.98. The van der Waals surface area contributed by atoms with Crippen LogP contribution in [0.1, 0.15) is 12.8 Å². The summed E-state index contributed by atoms with van der Waals surface area (Å²) in [6.07, 6.45) is 4.25. The van der Waals surface area contributed by atoms with Crippen LogP contribution >= 0.6 is 46.0 Å². The first-order chi connectivity index (χ1) is 16.5. The molecule has 1 atom stereocenters. The van der Waals surface area contributed by atoms with Gasteiger partial charge in [-0.25, -0.2) is 16.8 Å². The van der Waals surface area contributed by atoms with Crippen LogP contribution in [0.2, 0.25) is 4.34 Å². The highest BCUT2D eigenvalue weighted by atomic mass is 35.5. The van der Waals surface area contributed by atoms with Gasteiger partial charge in [0.25, 0.3) is 15.9 Å². The summed E-state index contributed by atoms with van der Waals surface area (Å²) in [5, 5.41) is 0. The van der Waals surface area contributed by atoms with Crippen LogP contribution in [-0.4, -0.2) is 63.0 Å². The Labute approximate surface area is 221 Å². The molecular weight excluding hydrogens is 570 g/mol. The van der Waals surface area contributed by atoms with Crippen LogP contribution in [0.25, 0.3) is 10.2 Å². The third-order valence-corrected chi connectivity index (χ3v) is 12.0. The maximum atomic E-state index is 13.2. The zero-order valence-electron chi connectivity index (χ0n) is 19.0. The molecule has 0 saturated carbocycles. The maximum absolute atomic E-state index is 13.2. The summed E-state index contributed by atoms with van der Waals surface area (Å²) in [4.78, 5) is 18.3. The highest BCUT2D eigenvalue weighted by Gasteiger charge is 2.34. The van der Waals surface area contributed by atoms with Crippen molar-refractivity contribution in [1.29, 1.82) is 0 Å². The predicted molar refractivity (Wildman–Crippen MR) is 143 cm³/mol. The van der Waals surface area contributed by atoms with E-state index in [0.29, 0.717) is 35.1 Å². The Kier molecular flexibility index (Phi) is 8.16. The summed E-state index contributed by atoms with van der Waals surface area (Å²) >= 11 is 9.83. The van der Waals surface area contributed by atoms with E-state index in [1.165, 1.54) is 21.7 Å². The van der Waals surface area contributed by atoms with Gasteiger partial charge < -0.3 is 4.57 Å². The molecule has 0 aliphatic carbocycles. The number of carbonyl (C=O) groups excluding carboxylic acids is 1.